The van der Waals surface area contributed by atoms with Crippen molar-refractivity contribution in [1.82, 2.24) is 4.90 Å². The highest BCUT2D eigenvalue weighted by Crippen LogP contribution is 2.48. The Morgan fingerprint density at radius 3 is 2.19 bits per heavy atom. The minimum Gasteiger partial charge on any atom is -0.385 e. The van der Waals surface area contributed by atoms with E-state index in [4.69, 9.17) is 4.74 Å². The summed E-state index contributed by atoms with van der Waals surface area (Å²) in [5, 5.41) is 0. The number of para-hydroxylation sites is 1. The molecule has 2 aliphatic heterocycles. The van der Waals surface area contributed by atoms with Crippen LogP contribution in [0.1, 0.15) is 48.3 Å². The van der Waals surface area contributed by atoms with Crippen LogP contribution in [0, 0.1) is 0 Å². The maximum Gasteiger partial charge on any atom is 0.242 e. The topological polar surface area (TPSA) is 32.8 Å². The van der Waals surface area contributed by atoms with Gasteiger partial charge >= 0.3 is 0 Å². The molecule has 4 nitrogen and oxygen atoms in total. The number of hydrogen-bond acceptors (Lipinski definition) is 3. The number of piperidine rings is 1. The molecule has 0 aromatic heterocycles. The largest absolute Gasteiger partial charge is 0.385 e. The van der Waals surface area contributed by atoms with Crippen molar-refractivity contribution in [3.63, 3.8) is 0 Å². The molecule has 5 heteroatoms. The SMILES string of the molecule is COCCCN1C(=O)C(CCN2CCC(c3ccccc3)CC2)(c2ccccc2)c2ccccc21.Cl. The zero-order valence-corrected chi connectivity index (χ0v) is 22.0. The molecule has 1 unspecified atom stereocenters. The van der Waals surface area contributed by atoms with Crippen molar-refractivity contribution in [2.75, 3.05) is 44.8 Å². The molecule has 1 saturated heterocycles. The van der Waals surface area contributed by atoms with Gasteiger partial charge in [-0.1, -0.05) is 78.9 Å². The summed E-state index contributed by atoms with van der Waals surface area (Å²) >= 11 is 0. The number of hydrogen-bond donors (Lipinski definition) is 0. The standard InChI is InChI=1S/C31H36N2O2.ClH/c1-35-24-10-20-33-29-16-9-8-15-28(29)31(30(33)34,27-13-6-3-7-14-27)19-23-32-21-17-26(18-22-32)25-11-4-2-5-12-25;/h2-9,11-16,26H,10,17-24H2,1H3;1H. The average molecular weight is 505 g/mol. The van der Waals surface area contributed by atoms with Crippen LogP contribution in [0.25, 0.3) is 0 Å². The Balaban J connectivity index is 0.00000304. The fourth-order valence-corrected chi connectivity index (χ4v) is 6.04. The average Bonchev–Trinajstić information content (AvgIpc) is 3.17. The van der Waals surface area contributed by atoms with Gasteiger partial charge in [0.25, 0.3) is 0 Å². The van der Waals surface area contributed by atoms with Gasteiger partial charge in [-0.05, 0) is 74.0 Å². The van der Waals surface area contributed by atoms with Crippen molar-refractivity contribution in [2.24, 2.45) is 0 Å². The molecule has 0 radical (unpaired) electrons. The number of nitrogens with zero attached hydrogens (tertiary/aromatic N) is 2. The van der Waals surface area contributed by atoms with Gasteiger partial charge in [-0.3, -0.25) is 4.79 Å². The molecule has 1 atom stereocenters. The smallest absolute Gasteiger partial charge is 0.242 e. The number of carbonyl (C=O) groups is 1. The predicted molar refractivity (Wildman–Crippen MR) is 149 cm³/mol. The number of benzene rings is 3. The first kappa shape index (κ1) is 26.4. The highest BCUT2D eigenvalue weighted by atomic mass is 35.5. The molecule has 0 N–H and O–H groups in total. The number of ether oxygens (including phenoxy) is 1. The van der Waals surface area contributed by atoms with Gasteiger partial charge in [0.05, 0.1) is 0 Å². The lowest BCUT2D eigenvalue weighted by Gasteiger charge is -2.36. The zero-order valence-electron chi connectivity index (χ0n) is 21.1. The molecule has 0 spiro atoms. The fraction of sp³-hybridized carbons (Fsp3) is 0.387. The number of fused-ring (bicyclic) bond motifs is 1. The molecule has 1 amide bonds. The van der Waals surface area contributed by atoms with Crippen molar-refractivity contribution in [1.29, 1.82) is 0 Å². The molecule has 0 aliphatic carbocycles. The molecule has 5 rings (SSSR count). The van der Waals surface area contributed by atoms with Crippen molar-refractivity contribution in [3.05, 3.63) is 102 Å². The van der Waals surface area contributed by atoms with Gasteiger partial charge in [-0.2, -0.15) is 0 Å². The van der Waals surface area contributed by atoms with Gasteiger partial charge in [-0.25, -0.2) is 0 Å². The molecule has 1 fully saturated rings. The van der Waals surface area contributed by atoms with E-state index in [1.54, 1.807) is 7.11 Å². The van der Waals surface area contributed by atoms with E-state index < -0.39 is 5.41 Å². The van der Waals surface area contributed by atoms with E-state index in [-0.39, 0.29) is 18.3 Å². The van der Waals surface area contributed by atoms with Crippen molar-refractivity contribution < 1.29 is 9.53 Å². The van der Waals surface area contributed by atoms with Crippen LogP contribution >= 0.6 is 12.4 Å². The van der Waals surface area contributed by atoms with Gasteiger partial charge in [0.1, 0.15) is 5.41 Å². The number of rotatable bonds is 9. The number of likely N-dealkylation sites (tertiary alicyclic amines) is 1. The van der Waals surface area contributed by atoms with Gasteiger partial charge in [0.2, 0.25) is 5.91 Å². The lowest BCUT2D eigenvalue weighted by atomic mass is 9.72. The van der Waals surface area contributed by atoms with Gasteiger partial charge in [0, 0.05) is 25.9 Å². The van der Waals surface area contributed by atoms with Crippen molar-refractivity contribution >= 4 is 24.0 Å². The van der Waals surface area contributed by atoms with Gasteiger partial charge in [0.15, 0.2) is 0 Å². The van der Waals surface area contributed by atoms with Crippen LogP contribution in [-0.4, -0.2) is 50.7 Å². The summed E-state index contributed by atoms with van der Waals surface area (Å²) in [6, 6.07) is 29.7. The Morgan fingerprint density at radius 1 is 0.861 bits per heavy atom. The van der Waals surface area contributed by atoms with E-state index >= 15 is 0 Å². The molecule has 3 aromatic rings. The quantitative estimate of drug-likeness (QED) is 0.333. The molecule has 2 aliphatic rings. The van der Waals surface area contributed by atoms with E-state index in [2.05, 4.69) is 77.7 Å². The molecule has 0 bridgehead atoms. The van der Waals surface area contributed by atoms with Crippen LogP contribution in [-0.2, 0) is 14.9 Å². The third-order valence-corrected chi connectivity index (χ3v) is 7.92. The third-order valence-electron chi connectivity index (χ3n) is 7.92. The maximum absolute atomic E-state index is 14.3. The Kier molecular flexibility index (Phi) is 8.84. The lowest BCUT2D eigenvalue weighted by Crippen LogP contribution is -2.45. The summed E-state index contributed by atoms with van der Waals surface area (Å²) in [5.74, 6) is 0.848. The van der Waals surface area contributed by atoms with Crippen LogP contribution in [0.5, 0.6) is 0 Å². The van der Waals surface area contributed by atoms with Crippen molar-refractivity contribution in [2.45, 2.75) is 37.0 Å². The summed E-state index contributed by atoms with van der Waals surface area (Å²) in [5.41, 5.74) is 4.12. The number of halogens is 1. The van der Waals surface area contributed by atoms with E-state index in [0.717, 1.165) is 49.3 Å². The van der Waals surface area contributed by atoms with E-state index in [0.29, 0.717) is 19.1 Å². The van der Waals surface area contributed by atoms with Crippen molar-refractivity contribution in [3.8, 4) is 0 Å². The predicted octanol–water partition coefficient (Wildman–Crippen LogP) is 6.05. The van der Waals surface area contributed by atoms with Gasteiger partial charge < -0.3 is 14.5 Å². The summed E-state index contributed by atoms with van der Waals surface area (Å²) in [4.78, 5) is 18.8. The Hall–Kier alpha value is -2.66. The first-order valence-corrected chi connectivity index (χ1v) is 13.0. The van der Waals surface area contributed by atoms with E-state index in [1.165, 1.54) is 18.4 Å². The number of carbonyl (C=O) groups excluding carboxylic acids is 1. The second kappa shape index (κ2) is 12.1. The normalized spacial score (nSPS) is 20.2. The summed E-state index contributed by atoms with van der Waals surface area (Å²) in [6.07, 6.45) is 3.98. The molecular formula is C31H37ClN2O2. The lowest BCUT2D eigenvalue weighted by molar-refractivity contribution is -0.122. The second-order valence-electron chi connectivity index (χ2n) is 9.87. The first-order chi connectivity index (χ1) is 17.2. The Bertz CT molecular complexity index is 1120. The molecule has 190 valence electrons. The summed E-state index contributed by atoms with van der Waals surface area (Å²) in [7, 11) is 1.72. The zero-order chi connectivity index (χ0) is 24.1. The minimum atomic E-state index is -0.638. The molecule has 3 aromatic carbocycles. The first-order valence-electron chi connectivity index (χ1n) is 13.0. The fourth-order valence-electron chi connectivity index (χ4n) is 6.04. The second-order valence-corrected chi connectivity index (χ2v) is 9.87. The Labute approximate surface area is 221 Å². The van der Waals surface area contributed by atoms with E-state index in [9.17, 15) is 4.79 Å². The van der Waals surface area contributed by atoms with Crippen LogP contribution in [0.2, 0.25) is 0 Å². The molecule has 36 heavy (non-hydrogen) atoms. The van der Waals surface area contributed by atoms with Crippen LogP contribution in [0.15, 0.2) is 84.9 Å². The van der Waals surface area contributed by atoms with Crippen LogP contribution in [0.4, 0.5) is 5.69 Å². The molecular weight excluding hydrogens is 468 g/mol. The third kappa shape index (κ3) is 5.08. The summed E-state index contributed by atoms with van der Waals surface area (Å²) in [6.45, 7) is 4.42. The maximum atomic E-state index is 14.3. The van der Waals surface area contributed by atoms with Crippen LogP contribution < -0.4 is 4.90 Å². The van der Waals surface area contributed by atoms with Crippen LogP contribution in [0.3, 0.4) is 0 Å². The number of anilines is 1. The molecule has 0 saturated carbocycles. The monoisotopic (exact) mass is 504 g/mol. The van der Waals surface area contributed by atoms with Gasteiger partial charge in [-0.15, -0.1) is 12.4 Å². The molecule has 2 heterocycles. The van der Waals surface area contributed by atoms with E-state index in [1.807, 2.05) is 17.0 Å². The number of methoxy groups -OCH3 is 1. The Morgan fingerprint density at radius 2 is 1.50 bits per heavy atom. The highest BCUT2D eigenvalue weighted by molar-refractivity contribution is 6.10. The highest BCUT2D eigenvalue weighted by Gasteiger charge is 2.51. The minimum absolute atomic E-state index is 0. The summed E-state index contributed by atoms with van der Waals surface area (Å²) < 4.78 is 5.28. The number of amides is 1.